The van der Waals surface area contributed by atoms with Crippen molar-refractivity contribution < 1.29 is 89.4 Å². The molecule has 1 amide bonds. The molecule has 3 aliphatic rings. The first-order valence-corrected chi connectivity index (χ1v) is 33.1. The van der Waals surface area contributed by atoms with Crippen molar-refractivity contribution in [1.29, 1.82) is 0 Å². The van der Waals surface area contributed by atoms with Gasteiger partial charge in [-0.05, 0) is 109 Å². The fourth-order valence-electron chi connectivity index (χ4n) is 9.96. The van der Waals surface area contributed by atoms with Crippen LogP contribution in [0.1, 0.15) is 162 Å². The standard InChI is InChI=1S/C71H113NO18/c1-3-5-7-9-11-13-15-17-18-19-20-21-22-23-24-25-26-27-28-29-30-31-32-33-34-35-36-37-39-41-43-45-47-49-59(77)72-54(55(76)48-46-44-42-40-38-16-14-12-10-8-6-4-2)53-85-69-65(83)62(80)67(57(51-74)87-69)90-71-66(84)63(81)68(58(52-75)88-71)89-70-64(82)61(79)60(78)56(50-73)86-70/h5,7,10-13,17-18,20-21,23-24,26-27,29-30,32-33,35-36,38,40,46,48,54-58,60-71,73-76,78-84H,3-4,6,8-9,14-16,19,22,25,28,31,34,37,39,41-45,47,49-53H2,1-2H3,(H,72,77)/b7-5-,12-10+,13-11-,18-17-,21-20-,24-23-,27-26-,30-29-,33-32-,36-35-,40-38+,48-46+. The molecule has 3 heterocycles. The van der Waals surface area contributed by atoms with Crippen molar-refractivity contribution in [2.24, 2.45) is 0 Å². The molecule has 19 nitrogen and oxygen atoms in total. The summed E-state index contributed by atoms with van der Waals surface area (Å²) in [5.41, 5.74) is 0. The van der Waals surface area contributed by atoms with E-state index in [9.17, 15) is 61.0 Å². The lowest BCUT2D eigenvalue weighted by Gasteiger charge is -2.48. The normalized spacial score (nSPS) is 29.0. The number of rotatable bonds is 47. The highest BCUT2D eigenvalue weighted by molar-refractivity contribution is 5.76. The van der Waals surface area contributed by atoms with Gasteiger partial charge in [0.15, 0.2) is 18.9 Å². The number of ether oxygens (including phenoxy) is 6. The Morgan fingerprint density at radius 3 is 1.24 bits per heavy atom. The van der Waals surface area contributed by atoms with Gasteiger partial charge in [0.05, 0.1) is 38.6 Å². The molecule has 0 aliphatic carbocycles. The molecule has 510 valence electrons. The Kier molecular flexibility index (Phi) is 45.4. The Bertz CT molecular complexity index is 2200. The van der Waals surface area contributed by atoms with Gasteiger partial charge in [0, 0.05) is 6.42 Å². The van der Waals surface area contributed by atoms with Crippen LogP contribution in [-0.2, 0) is 33.2 Å². The van der Waals surface area contributed by atoms with Gasteiger partial charge >= 0.3 is 0 Å². The van der Waals surface area contributed by atoms with Crippen molar-refractivity contribution in [1.82, 2.24) is 5.32 Å². The molecule has 12 N–H and O–H groups in total. The maximum absolute atomic E-state index is 13.3. The summed E-state index contributed by atoms with van der Waals surface area (Å²) in [6, 6.07) is -1.02. The second-order valence-electron chi connectivity index (χ2n) is 22.8. The van der Waals surface area contributed by atoms with Crippen molar-refractivity contribution >= 4 is 5.91 Å². The van der Waals surface area contributed by atoms with E-state index >= 15 is 0 Å². The number of hydrogen-bond acceptors (Lipinski definition) is 18. The van der Waals surface area contributed by atoms with Crippen LogP contribution in [0.25, 0.3) is 0 Å². The summed E-state index contributed by atoms with van der Waals surface area (Å²) in [5, 5.41) is 120. The van der Waals surface area contributed by atoms with Crippen LogP contribution in [0.3, 0.4) is 0 Å². The van der Waals surface area contributed by atoms with E-state index in [2.05, 4.69) is 153 Å². The number of carbonyl (C=O) groups excluding carboxylic acids is 1. The van der Waals surface area contributed by atoms with Crippen molar-refractivity contribution in [3.05, 3.63) is 146 Å². The van der Waals surface area contributed by atoms with Gasteiger partial charge in [0.25, 0.3) is 0 Å². The van der Waals surface area contributed by atoms with Crippen molar-refractivity contribution in [3.8, 4) is 0 Å². The Morgan fingerprint density at radius 1 is 0.411 bits per heavy atom. The summed E-state index contributed by atoms with van der Waals surface area (Å²) in [5.74, 6) is -0.318. The quantitative estimate of drug-likeness (QED) is 0.0203. The molecule has 19 heteroatoms. The minimum absolute atomic E-state index is 0.198. The molecule has 90 heavy (non-hydrogen) atoms. The molecule has 3 saturated heterocycles. The summed E-state index contributed by atoms with van der Waals surface area (Å²) >= 11 is 0. The maximum Gasteiger partial charge on any atom is 0.220 e. The van der Waals surface area contributed by atoms with E-state index in [1.165, 1.54) is 12.8 Å². The van der Waals surface area contributed by atoms with E-state index in [-0.39, 0.29) is 12.3 Å². The van der Waals surface area contributed by atoms with E-state index in [1.54, 1.807) is 6.08 Å². The third kappa shape index (κ3) is 33.0. The van der Waals surface area contributed by atoms with Crippen LogP contribution in [0, 0.1) is 0 Å². The van der Waals surface area contributed by atoms with E-state index in [4.69, 9.17) is 28.4 Å². The zero-order valence-corrected chi connectivity index (χ0v) is 53.5. The number of nitrogens with one attached hydrogen (secondary N) is 1. The summed E-state index contributed by atoms with van der Waals surface area (Å²) in [7, 11) is 0. The Balaban J connectivity index is 1.41. The predicted molar refractivity (Wildman–Crippen MR) is 350 cm³/mol. The molecule has 0 radical (unpaired) electrons. The van der Waals surface area contributed by atoms with Gasteiger partial charge in [0.1, 0.15) is 73.2 Å². The molecule has 0 aromatic heterocycles. The van der Waals surface area contributed by atoms with Crippen LogP contribution >= 0.6 is 0 Å². The van der Waals surface area contributed by atoms with Crippen molar-refractivity contribution in [2.45, 2.75) is 266 Å². The molecule has 0 aromatic rings. The molecule has 3 fully saturated rings. The SMILES string of the molecule is CC/C=C\C/C=C\C/C=C\C/C=C\C/C=C\C/C=C\C/C=C\C/C=C\C/C=C\CCCCCCCC(=O)NC(COC1OC(CO)C(OC2OC(CO)C(OC3OC(CO)C(O)C(O)C3O)C(O)C2O)C(O)C1O)C(O)/C=C/CC/C=C/CC/C=C/CCCC. The topological polar surface area (TPSA) is 307 Å². The second-order valence-corrected chi connectivity index (χ2v) is 22.8. The van der Waals surface area contributed by atoms with Crippen LogP contribution < -0.4 is 5.32 Å². The molecule has 17 atom stereocenters. The van der Waals surface area contributed by atoms with Crippen LogP contribution in [0.5, 0.6) is 0 Å². The van der Waals surface area contributed by atoms with Gasteiger partial charge < -0.3 is 89.9 Å². The largest absolute Gasteiger partial charge is 0.394 e. The highest BCUT2D eigenvalue weighted by Crippen LogP contribution is 2.33. The smallest absolute Gasteiger partial charge is 0.220 e. The average molecular weight is 1270 g/mol. The Morgan fingerprint density at radius 2 is 0.778 bits per heavy atom. The zero-order chi connectivity index (χ0) is 65.4. The maximum atomic E-state index is 13.3. The van der Waals surface area contributed by atoms with Crippen molar-refractivity contribution in [3.63, 3.8) is 0 Å². The lowest BCUT2D eigenvalue weighted by Crippen LogP contribution is -2.66. The van der Waals surface area contributed by atoms with Crippen molar-refractivity contribution in [2.75, 3.05) is 26.4 Å². The zero-order valence-electron chi connectivity index (χ0n) is 53.5. The molecule has 0 saturated carbocycles. The molecule has 0 bridgehead atoms. The molecule has 0 spiro atoms. The van der Waals surface area contributed by atoms with Gasteiger partial charge in [-0.2, -0.15) is 0 Å². The molecule has 3 rings (SSSR count). The van der Waals surface area contributed by atoms with E-state index < -0.39 is 131 Å². The lowest BCUT2D eigenvalue weighted by atomic mass is 9.96. The lowest BCUT2D eigenvalue weighted by molar-refractivity contribution is -0.379. The third-order valence-electron chi connectivity index (χ3n) is 15.3. The van der Waals surface area contributed by atoms with Crippen LogP contribution in [0.2, 0.25) is 0 Å². The van der Waals surface area contributed by atoms with Gasteiger partial charge in [-0.3, -0.25) is 4.79 Å². The molecular formula is C71H113NO18. The Hall–Kier alpha value is -4.33. The van der Waals surface area contributed by atoms with Gasteiger partial charge in [-0.1, -0.05) is 192 Å². The van der Waals surface area contributed by atoms with Crippen LogP contribution in [0.15, 0.2) is 146 Å². The number of allylic oxidation sites excluding steroid dienone is 23. The van der Waals surface area contributed by atoms with Crippen LogP contribution in [-0.4, -0.2) is 193 Å². The van der Waals surface area contributed by atoms with Gasteiger partial charge in [0.2, 0.25) is 5.91 Å². The summed E-state index contributed by atoms with van der Waals surface area (Å²) in [6.45, 7) is 1.47. The number of hydrogen-bond donors (Lipinski definition) is 12. The summed E-state index contributed by atoms with van der Waals surface area (Å²) < 4.78 is 34.2. The first-order valence-electron chi connectivity index (χ1n) is 33.1. The number of unbranched alkanes of at least 4 members (excludes halogenated alkanes) is 9. The van der Waals surface area contributed by atoms with E-state index in [1.807, 2.05) is 6.08 Å². The minimum atomic E-state index is -1.99. The average Bonchev–Trinajstić information content (AvgIpc) is 0.864. The van der Waals surface area contributed by atoms with Crippen LogP contribution in [0.4, 0.5) is 0 Å². The third-order valence-corrected chi connectivity index (χ3v) is 15.3. The summed E-state index contributed by atoms with van der Waals surface area (Å²) in [4.78, 5) is 13.3. The monoisotopic (exact) mass is 1270 g/mol. The second kappa shape index (κ2) is 51.1. The van der Waals surface area contributed by atoms with E-state index in [0.717, 1.165) is 116 Å². The first-order chi connectivity index (χ1) is 43.8. The number of aliphatic hydroxyl groups is 11. The number of amides is 1. The molecule has 3 aliphatic heterocycles. The number of carbonyl (C=O) groups is 1. The Labute approximate surface area is 536 Å². The minimum Gasteiger partial charge on any atom is -0.394 e. The fraction of sp³-hybridized carbons (Fsp3) is 0.648. The van der Waals surface area contributed by atoms with Gasteiger partial charge in [-0.15, -0.1) is 0 Å². The summed E-state index contributed by atoms with van der Waals surface area (Å²) in [6.07, 6.45) is 45.5. The van der Waals surface area contributed by atoms with Gasteiger partial charge in [-0.25, -0.2) is 0 Å². The van der Waals surface area contributed by atoms with E-state index in [0.29, 0.717) is 12.8 Å². The highest BCUT2D eigenvalue weighted by atomic mass is 16.8. The molecular weight excluding hydrogens is 1150 g/mol. The molecule has 0 aromatic carbocycles. The molecule has 17 unspecified atom stereocenters. The first kappa shape index (κ1) is 79.9. The predicted octanol–water partition coefficient (Wildman–Crippen LogP) is 7.98. The number of aliphatic hydroxyl groups excluding tert-OH is 11. The highest BCUT2D eigenvalue weighted by Gasteiger charge is 2.53. The fourth-order valence-corrected chi connectivity index (χ4v) is 9.96.